The first-order chi connectivity index (χ1) is 6.18. The van der Waals surface area contributed by atoms with Crippen LogP contribution in [0.25, 0.3) is 0 Å². The minimum absolute atomic E-state index is 0.0733. The molecule has 0 spiro atoms. The molecule has 1 rings (SSSR count). The van der Waals surface area contributed by atoms with E-state index in [1.807, 2.05) is 31.2 Å². The van der Waals surface area contributed by atoms with Crippen LogP contribution in [0.15, 0.2) is 29.2 Å². The van der Waals surface area contributed by atoms with Gasteiger partial charge in [-0.25, -0.2) is 0 Å². The molecule has 0 saturated carbocycles. The third-order valence-electron chi connectivity index (χ3n) is 1.55. The van der Waals surface area contributed by atoms with E-state index < -0.39 is 0 Å². The Bertz CT molecular complexity index is 246. The third-order valence-corrected chi connectivity index (χ3v) is 1.98. The highest BCUT2D eigenvalue weighted by molar-refractivity contribution is 7.80. The lowest BCUT2D eigenvalue weighted by Crippen LogP contribution is -2.04. The Balaban J connectivity index is 2.33. The number of benzene rings is 1. The highest BCUT2D eigenvalue weighted by Gasteiger charge is 1.96. The number of rotatable bonds is 4. The van der Waals surface area contributed by atoms with Gasteiger partial charge in [-0.1, -0.05) is 12.1 Å². The molecule has 0 amide bonds. The smallest absolute Gasteiger partial charge is 0.0717 e. The standard InChI is InChI=1S/C10H13ClOS/c1-8(11)6-12-7-9-2-4-10(13)5-3-9/h2-5,8,13H,6-7H2,1H3/t8-/m0/s1. The van der Waals surface area contributed by atoms with E-state index in [1.165, 1.54) is 0 Å². The van der Waals surface area contributed by atoms with E-state index in [-0.39, 0.29) is 5.38 Å². The molecule has 72 valence electrons. The van der Waals surface area contributed by atoms with Gasteiger partial charge in [0.15, 0.2) is 0 Å². The van der Waals surface area contributed by atoms with E-state index in [0.717, 1.165) is 10.5 Å². The second-order valence-electron chi connectivity index (χ2n) is 2.96. The fourth-order valence-corrected chi connectivity index (χ4v) is 1.17. The normalized spacial score (nSPS) is 12.8. The van der Waals surface area contributed by atoms with Gasteiger partial charge in [-0.3, -0.25) is 0 Å². The quantitative estimate of drug-likeness (QED) is 0.601. The molecule has 0 radical (unpaired) electrons. The highest BCUT2D eigenvalue weighted by Crippen LogP contribution is 2.09. The Morgan fingerprint density at radius 1 is 1.38 bits per heavy atom. The van der Waals surface area contributed by atoms with Crippen LogP contribution < -0.4 is 0 Å². The van der Waals surface area contributed by atoms with Gasteiger partial charge in [-0.2, -0.15) is 0 Å². The summed E-state index contributed by atoms with van der Waals surface area (Å²) >= 11 is 9.93. The van der Waals surface area contributed by atoms with Crippen molar-refractivity contribution in [2.24, 2.45) is 0 Å². The molecule has 0 aliphatic heterocycles. The fourth-order valence-electron chi connectivity index (χ4n) is 0.931. The van der Waals surface area contributed by atoms with E-state index >= 15 is 0 Å². The molecule has 0 fully saturated rings. The minimum atomic E-state index is 0.0733. The first-order valence-electron chi connectivity index (χ1n) is 4.18. The number of halogens is 1. The molecule has 1 aromatic carbocycles. The van der Waals surface area contributed by atoms with Gasteiger partial charge in [0, 0.05) is 4.90 Å². The minimum Gasteiger partial charge on any atom is -0.375 e. The van der Waals surface area contributed by atoms with Crippen LogP contribution in [-0.4, -0.2) is 12.0 Å². The van der Waals surface area contributed by atoms with Crippen LogP contribution in [0.4, 0.5) is 0 Å². The molecular formula is C10H13ClOS. The van der Waals surface area contributed by atoms with E-state index in [2.05, 4.69) is 12.6 Å². The molecule has 0 saturated heterocycles. The van der Waals surface area contributed by atoms with Gasteiger partial charge >= 0.3 is 0 Å². The first kappa shape index (κ1) is 10.9. The Labute approximate surface area is 89.5 Å². The van der Waals surface area contributed by atoms with Crippen molar-refractivity contribution in [3.8, 4) is 0 Å². The summed E-state index contributed by atoms with van der Waals surface area (Å²) in [6.45, 7) is 3.12. The van der Waals surface area contributed by atoms with E-state index in [4.69, 9.17) is 16.3 Å². The van der Waals surface area contributed by atoms with Crippen molar-refractivity contribution in [2.75, 3.05) is 6.61 Å². The highest BCUT2D eigenvalue weighted by atomic mass is 35.5. The van der Waals surface area contributed by atoms with E-state index in [0.29, 0.717) is 13.2 Å². The summed E-state index contributed by atoms with van der Waals surface area (Å²) in [4.78, 5) is 0.967. The summed E-state index contributed by atoms with van der Waals surface area (Å²) in [5.41, 5.74) is 1.15. The van der Waals surface area contributed by atoms with Crippen LogP contribution >= 0.6 is 24.2 Å². The maximum absolute atomic E-state index is 5.73. The van der Waals surface area contributed by atoms with Crippen LogP contribution in [0.3, 0.4) is 0 Å². The molecule has 1 atom stereocenters. The van der Waals surface area contributed by atoms with Crippen molar-refractivity contribution in [1.29, 1.82) is 0 Å². The largest absolute Gasteiger partial charge is 0.375 e. The maximum Gasteiger partial charge on any atom is 0.0717 e. The lowest BCUT2D eigenvalue weighted by Gasteiger charge is -2.05. The summed E-state index contributed by atoms with van der Waals surface area (Å²) in [6, 6.07) is 7.90. The van der Waals surface area contributed by atoms with Gasteiger partial charge in [0.25, 0.3) is 0 Å². The number of alkyl halides is 1. The van der Waals surface area contributed by atoms with Crippen LogP contribution in [-0.2, 0) is 11.3 Å². The van der Waals surface area contributed by atoms with Crippen molar-refractivity contribution >= 4 is 24.2 Å². The van der Waals surface area contributed by atoms with Crippen molar-refractivity contribution in [3.63, 3.8) is 0 Å². The van der Waals surface area contributed by atoms with E-state index in [1.54, 1.807) is 0 Å². The Morgan fingerprint density at radius 2 is 2.00 bits per heavy atom. The number of thiol groups is 1. The number of hydrogen-bond acceptors (Lipinski definition) is 2. The van der Waals surface area contributed by atoms with Crippen molar-refractivity contribution in [2.45, 2.75) is 23.8 Å². The van der Waals surface area contributed by atoms with Crippen molar-refractivity contribution in [3.05, 3.63) is 29.8 Å². The Kier molecular flexibility index (Phi) is 4.64. The predicted molar refractivity (Wildman–Crippen MR) is 58.7 cm³/mol. The van der Waals surface area contributed by atoms with Crippen molar-refractivity contribution < 1.29 is 4.74 Å². The zero-order valence-electron chi connectivity index (χ0n) is 7.53. The third kappa shape index (κ3) is 4.55. The van der Waals surface area contributed by atoms with Gasteiger partial charge in [0.2, 0.25) is 0 Å². The van der Waals surface area contributed by atoms with Crippen LogP contribution in [0, 0.1) is 0 Å². The lowest BCUT2D eigenvalue weighted by atomic mass is 10.2. The predicted octanol–water partition coefficient (Wildman–Crippen LogP) is 3.12. The second kappa shape index (κ2) is 5.53. The molecule has 0 unspecified atom stereocenters. The zero-order valence-corrected chi connectivity index (χ0v) is 9.18. The summed E-state index contributed by atoms with van der Waals surface area (Å²) < 4.78 is 5.36. The van der Waals surface area contributed by atoms with Crippen LogP contribution in [0.2, 0.25) is 0 Å². The Morgan fingerprint density at radius 3 is 2.54 bits per heavy atom. The average Bonchev–Trinajstić information content (AvgIpc) is 2.08. The fraction of sp³-hybridized carbons (Fsp3) is 0.400. The van der Waals surface area contributed by atoms with Gasteiger partial charge < -0.3 is 4.74 Å². The molecule has 0 aliphatic rings. The second-order valence-corrected chi connectivity index (χ2v) is 4.22. The first-order valence-corrected chi connectivity index (χ1v) is 5.06. The van der Waals surface area contributed by atoms with Crippen LogP contribution in [0.1, 0.15) is 12.5 Å². The van der Waals surface area contributed by atoms with Gasteiger partial charge in [0.1, 0.15) is 0 Å². The monoisotopic (exact) mass is 216 g/mol. The van der Waals surface area contributed by atoms with Crippen molar-refractivity contribution in [1.82, 2.24) is 0 Å². The number of ether oxygens (including phenoxy) is 1. The SMILES string of the molecule is C[C@H](Cl)COCc1ccc(S)cc1. The summed E-state index contributed by atoms with van der Waals surface area (Å²) in [5.74, 6) is 0. The topological polar surface area (TPSA) is 9.23 Å². The van der Waals surface area contributed by atoms with Gasteiger partial charge in [-0.05, 0) is 24.6 Å². The Hall–Kier alpha value is -0.180. The summed E-state index contributed by atoms with van der Waals surface area (Å²) in [6.07, 6.45) is 0. The maximum atomic E-state index is 5.73. The molecule has 0 aromatic heterocycles. The molecule has 1 aromatic rings. The summed E-state index contributed by atoms with van der Waals surface area (Å²) in [5, 5.41) is 0.0733. The van der Waals surface area contributed by atoms with Crippen LogP contribution in [0.5, 0.6) is 0 Å². The lowest BCUT2D eigenvalue weighted by molar-refractivity contribution is 0.123. The molecule has 0 bridgehead atoms. The zero-order chi connectivity index (χ0) is 9.68. The molecule has 0 N–H and O–H groups in total. The van der Waals surface area contributed by atoms with E-state index in [9.17, 15) is 0 Å². The summed E-state index contributed by atoms with van der Waals surface area (Å²) in [7, 11) is 0. The molecule has 0 heterocycles. The molecule has 3 heteroatoms. The molecular weight excluding hydrogens is 204 g/mol. The molecule has 13 heavy (non-hydrogen) atoms. The molecule has 0 aliphatic carbocycles. The van der Waals surface area contributed by atoms with Gasteiger partial charge in [-0.15, -0.1) is 24.2 Å². The molecule has 1 nitrogen and oxygen atoms in total. The van der Waals surface area contributed by atoms with Gasteiger partial charge in [0.05, 0.1) is 18.6 Å². The number of hydrogen-bond donors (Lipinski definition) is 1. The average molecular weight is 217 g/mol.